The van der Waals surface area contributed by atoms with E-state index in [0.29, 0.717) is 0 Å². The molecule has 0 unspecified atom stereocenters. The lowest BCUT2D eigenvalue weighted by molar-refractivity contribution is 0.415. The zero-order chi connectivity index (χ0) is 102. The number of aryl methyl sites for hydroxylation is 3. The lowest BCUT2D eigenvalue weighted by atomic mass is 9.81. The Bertz CT molecular complexity index is 8490. The van der Waals surface area contributed by atoms with E-state index in [9.17, 15) is 13.2 Å². The number of hydrogen-bond donors (Lipinski definition) is 0. The minimum absolute atomic E-state index is 0.219. The van der Waals surface area contributed by atoms with Gasteiger partial charge in [0.1, 0.15) is 34.7 Å². The van der Waals surface area contributed by atoms with Crippen LogP contribution in [0, 0.1) is 17.5 Å². The molecule has 0 aromatic heterocycles. The van der Waals surface area contributed by atoms with Crippen molar-refractivity contribution in [1.82, 2.24) is 0 Å². The van der Waals surface area contributed by atoms with Crippen LogP contribution >= 0.6 is 0 Å². The van der Waals surface area contributed by atoms with Crippen LogP contribution in [0.5, 0.6) is 17.2 Å². The van der Waals surface area contributed by atoms with Crippen LogP contribution in [0.25, 0.3) is 230 Å². The zero-order valence-electron chi connectivity index (χ0n) is 86.1. The average molecular weight is 1960 g/mol. The van der Waals surface area contributed by atoms with Gasteiger partial charge in [-0.1, -0.05) is 386 Å². The number of halogens is 3. The van der Waals surface area contributed by atoms with E-state index in [4.69, 9.17) is 14.2 Å². The van der Waals surface area contributed by atoms with Gasteiger partial charge in [0.25, 0.3) is 0 Å². The molecule has 0 N–H and O–H groups in total. The van der Waals surface area contributed by atoms with Crippen molar-refractivity contribution in [2.75, 3.05) is 21.3 Å². The summed E-state index contributed by atoms with van der Waals surface area (Å²) in [5.74, 6) is 1.74. The standard InChI is InChI=1S/C49H49FSi3.C46H37F.C43H31FO3/c1-51(2,3)37-20-12-33(13-21-37)45-30-44(32-10-18-36(50)19-11-32)40-26-27-42-46(34-14-22-38(23-15-34)52(4,5)6)31-47(43-29-28-41(45)48(40)49(42)43)35-16-24-39(25-17-35)53(7,8)9;1-4-29-7-13-32(14-8-29)41-27-42(33-15-9-30(5-2)10-16-33)38-25-26-40-44(35-19-21-36(47)22-20-35)28-43(34-17-11-31(6-3)12-18-34)39-24-23-37(41)45(38)46(39)40;1-45-31-14-6-27(7-15-31)39-24-38(26-4-12-30(44)13-5-26)34-20-21-36-40(28-8-16-32(46-2)17-9-28)25-41(29-10-18-33(47-3)19-11-29)37-23-22-35(39)42(34)43(36)37/h10-31H,1-9H3;7-28H,4-6H2,1-3H3;4-25H,1-3H3. The number of ether oxygens (including phenoxy) is 3. The zero-order valence-corrected chi connectivity index (χ0v) is 89.1. The molecule has 0 radical (unpaired) electrons. The van der Waals surface area contributed by atoms with E-state index in [1.54, 1.807) is 45.6 Å². The predicted octanol–water partition coefficient (Wildman–Crippen LogP) is 37.5. The third kappa shape index (κ3) is 18.1. The predicted molar refractivity (Wildman–Crippen MR) is 632 cm³/mol. The van der Waals surface area contributed by atoms with E-state index in [1.165, 1.54) is 187 Å². The second-order valence-electron chi connectivity index (χ2n) is 42.4. The molecule has 720 valence electrons. The molecule has 0 aliphatic carbocycles. The van der Waals surface area contributed by atoms with Crippen molar-refractivity contribution < 1.29 is 27.4 Å². The van der Waals surface area contributed by atoms with Crippen molar-refractivity contribution in [3.8, 4) is 151 Å². The van der Waals surface area contributed by atoms with Gasteiger partial charge in [-0.15, -0.1) is 0 Å². The van der Waals surface area contributed by atoms with E-state index in [0.717, 1.165) is 125 Å². The Balaban J connectivity index is 0.000000126. The Morgan fingerprint density at radius 3 is 0.408 bits per heavy atom. The first-order valence-electron chi connectivity index (χ1n) is 51.4. The normalized spacial score (nSPS) is 12.0. The van der Waals surface area contributed by atoms with Crippen LogP contribution in [0.3, 0.4) is 0 Å². The Hall–Kier alpha value is -15.8. The molecule has 0 amide bonds. The molecule has 0 fully saturated rings. The molecule has 24 aromatic rings. The second-order valence-corrected chi connectivity index (χ2v) is 57.6. The second kappa shape index (κ2) is 39.0. The van der Waals surface area contributed by atoms with E-state index < -0.39 is 24.2 Å². The van der Waals surface area contributed by atoms with E-state index in [2.05, 4.69) is 371 Å². The van der Waals surface area contributed by atoms with Gasteiger partial charge in [0.05, 0.1) is 45.6 Å². The van der Waals surface area contributed by atoms with Crippen molar-refractivity contribution in [1.29, 1.82) is 0 Å². The van der Waals surface area contributed by atoms with Crippen molar-refractivity contribution in [3.63, 3.8) is 0 Å². The quantitative estimate of drug-likeness (QED) is 0.0530. The fourth-order valence-corrected chi connectivity index (χ4v) is 25.8. The van der Waals surface area contributed by atoms with E-state index >= 15 is 0 Å². The van der Waals surface area contributed by atoms with Crippen molar-refractivity contribution >= 4 is 137 Å². The summed E-state index contributed by atoms with van der Waals surface area (Å²) in [5, 5.41) is 26.3. The molecular weight excluding hydrogens is 1850 g/mol. The van der Waals surface area contributed by atoms with Gasteiger partial charge in [-0.2, -0.15) is 0 Å². The highest BCUT2D eigenvalue weighted by molar-refractivity contribution is 6.89. The molecule has 24 aromatic carbocycles. The topological polar surface area (TPSA) is 27.7 Å². The summed E-state index contributed by atoms with van der Waals surface area (Å²) in [4.78, 5) is 0. The average Bonchev–Trinajstić information content (AvgIpc) is 0.713. The maximum Gasteiger partial charge on any atom is 0.123 e. The largest absolute Gasteiger partial charge is 0.497 e. The Kier molecular flexibility index (Phi) is 25.5. The summed E-state index contributed by atoms with van der Waals surface area (Å²) < 4.78 is 59.1. The first-order valence-corrected chi connectivity index (χ1v) is 61.9. The maximum absolute atomic E-state index is 14.3. The fourth-order valence-electron chi connectivity index (χ4n) is 22.3. The third-order valence-corrected chi connectivity index (χ3v) is 36.8. The van der Waals surface area contributed by atoms with Gasteiger partial charge >= 0.3 is 0 Å². The number of hydrogen-bond acceptors (Lipinski definition) is 3. The van der Waals surface area contributed by atoms with Crippen molar-refractivity contribution in [3.05, 3.63) is 435 Å². The molecule has 0 bridgehead atoms. The van der Waals surface area contributed by atoms with Gasteiger partial charge in [-0.3, -0.25) is 0 Å². The third-order valence-electron chi connectivity index (χ3n) is 30.6. The molecular formula is C138H117F3O3Si3. The lowest BCUT2D eigenvalue weighted by Crippen LogP contribution is -2.37. The van der Waals surface area contributed by atoms with Crippen LogP contribution in [0.2, 0.25) is 58.9 Å². The number of rotatable bonds is 21. The fraction of sp³-hybridized carbons (Fsp3) is 0.130. The number of methoxy groups -OCH3 is 3. The summed E-state index contributed by atoms with van der Waals surface area (Å²) in [6.45, 7) is 28.3. The summed E-state index contributed by atoms with van der Waals surface area (Å²) in [6, 6.07) is 142. The molecule has 0 atom stereocenters. The lowest BCUT2D eigenvalue weighted by Gasteiger charge is -2.23. The molecule has 0 saturated heterocycles. The van der Waals surface area contributed by atoms with E-state index in [-0.39, 0.29) is 17.5 Å². The number of benzene rings is 24. The van der Waals surface area contributed by atoms with Gasteiger partial charge in [0, 0.05) is 0 Å². The Labute approximate surface area is 863 Å². The first-order chi connectivity index (χ1) is 71.2. The van der Waals surface area contributed by atoms with Crippen LogP contribution < -0.4 is 29.8 Å². The van der Waals surface area contributed by atoms with Crippen LogP contribution in [0.1, 0.15) is 37.5 Å². The molecule has 9 heteroatoms. The van der Waals surface area contributed by atoms with Crippen LogP contribution in [-0.4, -0.2) is 45.6 Å². The highest BCUT2D eigenvalue weighted by atomic mass is 28.3. The minimum Gasteiger partial charge on any atom is -0.497 e. The minimum atomic E-state index is -1.47. The molecule has 3 nitrogen and oxygen atoms in total. The van der Waals surface area contributed by atoms with Gasteiger partial charge in [0.15, 0.2) is 0 Å². The SMILES string of the molecule is CCc1ccc(-c2cc(-c3ccc(F)cc3)c3ccc4c(-c5ccc(CC)cc5)cc(-c5ccc(CC)cc5)c5ccc2c3c45)cc1.COc1ccc(-c2cc(-c3ccc(F)cc3)c3ccc4c(-c5ccc(OC)cc5)cc(-c5ccc(OC)cc5)c5ccc2c3c45)cc1.C[Si](C)(C)c1ccc(-c2cc(-c3ccc(F)cc3)c3ccc4c(-c5ccc([Si](C)(C)C)cc5)cc(-c5ccc([Si](C)(C)C)cc5)c5ccc2c3c45)cc1. The molecule has 0 aliphatic heterocycles. The summed E-state index contributed by atoms with van der Waals surface area (Å²) in [7, 11) is 0.661. The van der Waals surface area contributed by atoms with Gasteiger partial charge < -0.3 is 14.2 Å². The summed E-state index contributed by atoms with van der Waals surface area (Å²) in [6.07, 6.45) is 3.04. The van der Waals surface area contributed by atoms with Crippen LogP contribution in [0.4, 0.5) is 13.2 Å². The molecule has 0 heterocycles. The Morgan fingerprint density at radius 1 is 0.163 bits per heavy atom. The highest BCUT2D eigenvalue weighted by Gasteiger charge is 2.29. The molecule has 147 heavy (non-hydrogen) atoms. The van der Waals surface area contributed by atoms with Gasteiger partial charge in [0.2, 0.25) is 0 Å². The monoisotopic (exact) mass is 1960 g/mol. The highest BCUT2D eigenvalue weighted by Crippen LogP contribution is 2.54. The molecule has 0 spiro atoms. The smallest absolute Gasteiger partial charge is 0.123 e. The van der Waals surface area contributed by atoms with Gasteiger partial charge in [-0.25, -0.2) is 13.2 Å². The Morgan fingerprint density at radius 2 is 0.286 bits per heavy atom. The van der Waals surface area contributed by atoms with Crippen molar-refractivity contribution in [2.45, 2.75) is 99.0 Å². The van der Waals surface area contributed by atoms with Crippen LogP contribution in [0.15, 0.2) is 400 Å². The summed E-state index contributed by atoms with van der Waals surface area (Å²) >= 11 is 0. The first kappa shape index (κ1) is 96.1. The molecule has 24 rings (SSSR count). The molecule has 0 aliphatic rings. The van der Waals surface area contributed by atoms with Crippen LogP contribution in [-0.2, 0) is 19.3 Å². The van der Waals surface area contributed by atoms with Gasteiger partial charge in [-0.05, 0) is 376 Å². The molecule has 0 saturated carbocycles. The summed E-state index contributed by atoms with van der Waals surface area (Å²) in [5.41, 5.74) is 31.7. The van der Waals surface area contributed by atoms with E-state index in [1.807, 2.05) is 72.8 Å². The maximum atomic E-state index is 14.3. The van der Waals surface area contributed by atoms with Crippen molar-refractivity contribution in [2.24, 2.45) is 0 Å².